The van der Waals surface area contributed by atoms with Crippen molar-refractivity contribution in [1.82, 2.24) is 0 Å². The van der Waals surface area contributed by atoms with E-state index in [1.165, 1.54) is 12.5 Å². The maximum absolute atomic E-state index is 11.5. The van der Waals surface area contributed by atoms with E-state index in [4.69, 9.17) is 10.5 Å². The molecule has 1 aromatic carbocycles. The average molecular weight is 430 g/mol. The van der Waals surface area contributed by atoms with Gasteiger partial charge in [0.05, 0.1) is 16.8 Å². The molecule has 6 unspecified atom stereocenters. The molecule has 4 aliphatic rings. The first-order valence-corrected chi connectivity index (χ1v) is 11.9. The molecule has 6 atom stereocenters. The first-order chi connectivity index (χ1) is 15.2. The highest BCUT2D eigenvalue weighted by Gasteiger charge is 2.58. The molecule has 0 radical (unpaired) electrons. The van der Waals surface area contributed by atoms with Crippen molar-refractivity contribution in [1.29, 1.82) is 10.5 Å². The van der Waals surface area contributed by atoms with Crippen molar-refractivity contribution in [3.8, 4) is 12.1 Å². The SMILES string of the molecule is CC(=O)OC1CCC2(C)C(=CCC3C2CCC2(C)c4c(cc(C#N)c(N)c4C#N)CC32)C1. The van der Waals surface area contributed by atoms with Gasteiger partial charge in [-0.25, -0.2) is 0 Å². The van der Waals surface area contributed by atoms with Crippen molar-refractivity contribution in [3.63, 3.8) is 0 Å². The zero-order valence-electron chi connectivity index (χ0n) is 19.2. The van der Waals surface area contributed by atoms with E-state index in [0.717, 1.165) is 56.1 Å². The molecule has 0 spiro atoms. The molecule has 1 aromatic rings. The summed E-state index contributed by atoms with van der Waals surface area (Å²) in [5.41, 5.74) is 11.4. The Hall–Kier alpha value is -2.79. The van der Waals surface area contributed by atoms with E-state index in [-0.39, 0.29) is 22.9 Å². The number of nitriles is 2. The van der Waals surface area contributed by atoms with Crippen molar-refractivity contribution in [2.24, 2.45) is 23.2 Å². The molecule has 2 saturated carbocycles. The van der Waals surface area contributed by atoms with Crippen molar-refractivity contribution < 1.29 is 9.53 Å². The lowest BCUT2D eigenvalue weighted by molar-refractivity contribution is -0.148. The maximum atomic E-state index is 11.5. The third-order valence-corrected chi connectivity index (χ3v) is 9.47. The molecule has 0 amide bonds. The number of carbonyl (C=O) groups is 1. The summed E-state index contributed by atoms with van der Waals surface area (Å²) < 4.78 is 5.56. The monoisotopic (exact) mass is 429 g/mol. The highest BCUT2D eigenvalue weighted by Crippen LogP contribution is 2.65. The van der Waals surface area contributed by atoms with E-state index in [2.05, 4.69) is 32.1 Å². The van der Waals surface area contributed by atoms with Crippen LogP contribution in [-0.2, 0) is 21.4 Å². The molecule has 0 heterocycles. The van der Waals surface area contributed by atoms with Gasteiger partial charge in [0.25, 0.3) is 0 Å². The number of nitrogen functional groups attached to an aromatic ring is 1. The lowest BCUT2D eigenvalue weighted by atomic mass is 9.47. The quantitative estimate of drug-likeness (QED) is 0.388. The molecule has 166 valence electrons. The Bertz CT molecular complexity index is 1120. The molecule has 0 saturated heterocycles. The number of esters is 1. The van der Waals surface area contributed by atoms with Gasteiger partial charge < -0.3 is 10.5 Å². The smallest absolute Gasteiger partial charge is 0.302 e. The van der Waals surface area contributed by atoms with Crippen LogP contribution >= 0.6 is 0 Å². The number of hydrogen-bond acceptors (Lipinski definition) is 5. The number of allylic oxidation sites excluding steroid dienone is 1. The van der Waals surface area contributed by atoms with Gasteiger partial charge in [0.15, 0.2) is 0 Å². The van der Waals surface area contributed by atoms with Crippen LogP contribution in [0, 0.1) is 45.8 Å². The van der Waals surface area contributed by atoms with Crippen LogP contribution in [0.3, 0.4) is 0 Å². The normalized spacial score (nSPS) is 37.0. The number of anilines is 1. The standard InChI is InChI=1S/C27H31N3O2/c1-15(31)32-19-6-8-26(2)18(12-19)4-5-20-22(26)7-9-27(3)23(20)11-16-10-17(13-28)25(30)21(14-29)24(16)27/h4,10,19-20,22-23H,5-9,11-12,30H2,1-3H3. The zero-order chi connectivity index (χ0) is 22.8. The topological polar surface area (TPSA) is 99.9 Å². The summed E-state index contributed by atoms with van der Waals surface area (Å²) in [5, 5.41) is 19.5. The number of hydrogen-bond donors (Lipinski definition) is 1. The number of ether oxygens (including phenoxy) is 1. The second-order valence-electron chi connectivity index (χ2n) is 10.9. The van der Waals surface area contributed by atoms with Crippen LogP contribution in [0.5, 0.6) is 0 Å². The van der Waals surface area contributed by atoms with Crippen molar-refractivity contribution >= 4 is 11.7 Å². The lowest BCUT2D eigenvalue weighted by Gasteiger charge is -2.57. The predicted octanol–water partition coefficient (Wildman–Crippen LogP) is 4.92. The predicted molar refractivity (Wildman–Crippen MR) is 121 cm³/mol. The summed E-state index contributed by atoms with van der Waals surface area (Å²) in [7, 11) is 0. The van der Waals surface area contributed by atoms with Gasteiger partial charge in [0.2, 0.25) is 0 Å². The fourth-order valence-corrected chi connectivity index (χ4v) is 7.98. The Kier molecular flexibility index (Phi) is 4.68. The molecular formula is C27H31N3O2. The van der Waals surface area contributed by atoms with Crippen LogP contribution in [0.2, 0.25) is 0 Å². The van der Waals surface area contributed by atoms with Gasteiger partial charge in [-0.1, -0.05) is 25.5 Å². The summed E-state index contributed by atoms with van der Waals surface area (Å²) >= 11 is 0. The molecule has 0 aromatic heterocycles. The second kappa shape index (κ2) is 7.11. The lowest BCUT2D eigenvalue weighted by Crippen LogP contribution is -2.51. The minimum absolute atomic E-state index is 0.0125. The first kappa shape index (κ1) is 21.1. The van der Waals surface area contributed by atoms with E-state index in [9.17, 15) is 15.3 Å². The van der Waals surface area contributed by atoms with E-state index in [0.29, 0.717) is 34.6 Å². The summed E-state index contributed by atoms with van der Waals surface area (Å²) in [6, 6.07) is 6.48. The minimum Gasteiger partial charge on any atom is -0.462 e. The van der Waals surface area contributed by atoms with E-state index < -0.39 is 0 Å². The van der Waals surface area contributed by atoms with Crippen LogP contribution in [0.15, 0.2) is 17.7 Å². The molecule has 5 heteroatoms. The Morgan fingerprint density at radius 3 is 2.56 bits per heavy atom. The van der Waals surface area contributed by atoms with Gasteiger partial charge >= 0.3 is 5.97 Å². The van der Waals surface area contributed by atoms with Gasteiger partial charge in [-0.3, -0.25) is 4.79 Å². The molecule has 4 aliphatic carbocycles. The molecule has 2 fully saturated rings. The van der Waals surface area contributed by atoms with Crippen molar-refractivity contribution in [2.75, 3.05) is 5.73 Å². The molecule has 5 rings (SSSR count). The second-order valence-corrected chi connectivity index (χ2v) is 10.9. The number of benzene rings is 1. The van der Waals surface area contributed by atoms with E-state index in [1.807, 2.05) is 6.07 Å². The average Bonchev–Trinajstić information content (AvgIpc) is 3.05. The van der Waals surface area contributed by atoms with Crippen LogP contribution in [-0.4, -0.2) is 12.1 Å². The van der Waals surface area contributed by atoms with Crippen molar-refractivity contribution in [3.05, 3.63) is 40.0 Å². The Balaban J connectivity index is 1.51. The van der Waals surface area contributed by atoms with Gasteiger partial charge in [0, 0.05) is 13.3 Å². The Labute approximate surface area is 190 Å². The molecule has 0 bridgehead atoms. The number of fused-ring (bicyclic) bond motifs is 7. The molecular weight excluding hydrogens is 398 g/mol. The summed E-state index contributed by atoms with van der Waals surface area (Å²) in [6.45, 7) is 6.25. The molecule has 5 nitrogen and oxygen atoms in total. The largest absolute Gasteiger partial charge is 0.462 e. The summed E-state index contributed by atoms with van der Waals surface area (Å²) in [5.74, 6) is 1.43. The fourth-order valence-electron chi connectivity index (χ4n) is 7.98. The number of nitrogens with two attached hydrogens (primary N) is 1. The fraction of sp³-hybridized carbons (Fsp3) is 0.593. The van der Waals surface area contributed by atoms with E-state index >= 15 is 0 Å². The third-order valence-electron chi connectivity index (χ3n) is 9.47. The highest BCUT2D eigenvalue weighted by atomic mass is 16.5. The zero-order valence-corrected chi connectivity index (χ0v) is 19.2. The van der Waals surface area contributed by atoms with E-state index in [1.54, 1.807) is 0 Å². The number of carbonyl (C=O) groups excluding carboxylic acids is 1. The number of nitrogens with zero attached hydrogens (tertiary/aromatic N) is 2. The third kappa shape index (κ3) is 2.77. The maximum Gasteiger partial charge on any atom is 0.302 e. The Morgan fingerprint density at radius 1 is 1.12 bits per heavy atom. The Morgan fingerprint density at radius 2 is 1.88 bits per heavy atom. The number of rotatable bonds is 1. The first-order valence-electron chi connectivity index (χ1n) is 11.9. The summed E-state index contributed by atoms with van der Waals surface area (Å²) in [4.78, 5) is 11.5. The summed E-state index contributed by atoms with van der Waals surface area (Å²) in [6.07, 6.45) is 9.44. The highest BCUT2D eigenvalue weighted by molar-refractivity contribution is 5.71. The molecule has 32 heavy (non-hydrogen) atoms. The van der Waals surface area contributed by atoms with Gasteiger partial charge in [0.1, 0.15) is 18.2 Å². The van der Waals surface area contributed by atoms with Gasteiger partial charge in [-0.2, -0.15) is 10.5 Å². The molecule has 2 N–H and O–H groups in total. The van der Waals surface area contributed by atoms with Crippen LogP contribution in [0.25, 0.3) is 0 Å². The minimum atomic E-state index is -0.186. The van der Waals surface area contributed by atoms with Gasteiger partial charge in [-0.05, 0) is 84.3 Å². The van der Waals surface area contributed by atoms with Crippen LogP contribution in [0.1, 0.15) is 81.5 Å². The van der Waals surface area contributed by atoms with Crippen LogP contribution in [0.4, 0.5) is 5.69 Å². The molecule has 0 aliphatic heterocycles. The van der Waals surface area contributed by atoms with Crippen molar-refractivity contribution in [2.45, 2.75) is 77.2 Å². The van der Waals surface area contributed by atoms with Gasteiger partial charge in [-0.15, -0.1) is 0 Å². The van der Waals surface area contributed by atoms with Crippen LogP contribution < -0.4 is 5.73 Å².